The van der Waals surface area contributed by atoms with Gasteiger partial charge in [0.05, 0.1) is 11.2 Å². The molecule has 1 unspecified atom stereocenters. The second kappa shape index (κ2) is 13.7. The van der Waals surface area contributed by atoms with E-state index in [2.05, 4.69) is 233 Å². The van der Waals surface area contributed by atoms with E-state index in [0.29, 0.717) is 0 Å². The largest absolute Gasteiger partial charge is 0.310 e. The van der Waals surface area contributed by atoms with Crippen LogP contribution in [0, 0.1) is 0 Å². The first kappa shape index (κ1) is 38.4. The molecule has 0 spiro atoms. The average molecular weight is 835 g/mol. The van der Waals surface area contributed by atoms with Crippen LogP contribution in [0.3, 0.4) is 0 Å². The maximum absolute atomic E-state index is 2.72. The number of allylic oxidation sites excluding steroid dienone is 4. The maximum Gasteiger partial charge on any atom is 0.253 e. The van der Waals surface area contributed by atoms with Crippen molar-refractivity contribution in [3.8, 4) is 44.9 Å². The highest BCUT2D eigenvalue weighted by atomic mass is 15.0. The van der Waals surface area contributed by atoms with Gasteiger partial charge in [0.25, 0.3) is 6.71 Å². The Morgan fingerprint density at radius 1 is 0.477 bits per heavy atom. The predicted octanol–water partition coefficient (Wildman–Crippen LogP) is 14.2. The van der Waals surface area contributed by atoms with Crippen LogP contribution < -0.4 is 16.4 Å². The van der Waals surface area contributed by atoms with Crippen molar-refractivity contribution in [2.75, 3.05) is 0 Å². The molecule has 65 heavy (non-hydrogen) atoms. The molecule has 2 aliphatic heterocycles. The zero-order chi connectivity index (χ0) is 43.9. The van der Waals surface area contributed by atoms with Crippen LogP contribution in [0.25, 0.3) is 88.4 Å². The van der Waals surface area contributed by atoms with Crippen molar-refractivity contribution in [1.82, 2.24) is 9.13 Å². The lowest BCUT2D eigenvalue weighted by Gasteiger charge is -2.36. The summed E-state index contributed by atoms with van der Waals surface area (Å²) in [6, 6.07) is 60.5. The number of fused-ring (bicyclic) bond motifs is 9. The number of rotatable bonds is 4. The summed E-state index contributed by atoms with van der Waals surface area (Å²) in [5.41, 5.74) is 22.2. The van der Waals surface area contributed by atoms with Crippen molar-refractivity contribution in [3.63, 3.8) is 0 Å². The van der Waals surface area contributed by atoms with Crippen molar-refractivity contribution in [3.05, 3.63) is 199 Å². The molecule has 1 aliphatic carbocycles. The molecular weight excluding hydrogens is 784 g/mol. The standard InChI is InChI=1S/C62H51BN2/c1-61(2,3)45-29-30-52-48(35-45)49-36-46(62(4,5)6)37-51-59(49)64(52)53-33-44(42-27-18-26-41(31-42)38-19-10-7-11-20-38)34-54-57(53)63(51)56-47-28-17-16-25-43(47)32-50-55(39-21-12-8-13-22-39)58(65(54)60(50)56)40-23-14-9-15-24-40/h7-21,23-37,39H,22H2,1-6H3. The van der Waals surface area contributed by atoms with Gasteiger partial charge in [-0.3, -0.25) is 0 Å². The molecule has 0 bridgehead atoms. The number of aromatic nitrogens is 2. The fourth-order valence-corrected chi connectivity index (χ4v) is 11.7. The quantitative estimate of drug-likeness (QED) is 0.156. The van der Waals surface area contributed by atoms with E-state index in [1.165, 1.54) is 121 Å². The van der Waals surface area contributed by atoms with Gasteiger partial charge in [0.15, 0.2) is 0 Å². The van der Waals surface area contributed by atoms with Crippen LogP contribution in [-0.4, -0.2) is 15.8 Å². The van der Waals surface area contributed by atoms with Crippen molar-refractivity contribution in [2.24, 2.45) is 0 Å². The molecule has 0 saturated heterocycles. The first-order valence-electron chi connectivity index (χ1n) is 23.5. The molecule has 0 N–H and O–H groups in total. The zero-order valence-electron chi connectivity index (χ0n) is 38.1. The third-order valence-electron chi connectivity index (χ3n) is 14.9. The van der Waals surface area contributed by atoms with Crippen molar-refractivity contribution < 1.29 is 0 Å². The van der Waals surface area contributed by atoms with Gasteiger partial charge in [-0.2, -0.15) is 0 Å². The van der Waals surface area contributed by atoms with Crippen LogP contribution in [0.2, 0.25) is 0 Å². The Morgan fingerprint density at radius 2 is 1.14 bits per heavy atom. The summed E-state index contributed by atoms with van der Waals surface area (Å²) in [4.78, 5) is 0. The second-order valence-corrected chi connectivity index (χ2v) is 20.9. The van der Waals surface area contributed by atoms with Gasteiger partial charge in [-0.15, -0.1) is 0 Å². The first-order valence-corrected chi connectivity index (χ1v) is 23.5. The second-order valence-electron chi connectivity index (χ2n) is 20.9. The molecule has 1 atom stereocenters. The molecule has 2 aromatic heterocycles. The highest BCUT2D eigenvalue weighted by Crippen LogP contribution is 2.48. The molecule has 0 amide bonds. The van der Waals surface area contributed by atoms with Gasteiger partial charge >= 0.3 is 0 Å². The van der Waals surface area contributed by atoms with E-state index >= 15 is 0 Å². The average Bonchev–Trinajstić information content (AvgIpc) is 3.85. The lowest BCUT2D eigenvalue weighted by Crippen LogP contribution is -2.60. The molecule has 3 aliphatic rings. The molecule has 4 heterocycles. The Labute approximate surface area is 382 Å². The van der Waals surface area contributed by atoms with Crippen LogP contribution in [0.1, 0.15) is 70.6 Å². The van der Waals surface area contributed by atoms with E-state index in [0.717, 1.165) is 6.42 Å². The molecule has 8 aromatic carbocycles. The Bertz CT molecular complexity index is 3690. The lowest BCUT2D eigenvalue weighted by atomic mass is 9.33. The fraction of sp³-hybridized carbons (Fsp3) is 0.161. The monoisotopic (exact) mass is 834 g/mol. The summed E-state index contributed by atoms with van der Waals surface area (Å²) in [6.45, 7) is 14.2. The molecule has 13 rings (SSSR count). The molecule has 10 aromatic rings. The van der Waals surface area contributed by atoms with Gasteiger partial charge in [-0.25, -0.2) is 0 Å². The fourth-order valence-electron chi connectivity index (χ4n) is 11.7. The van der Waals surface area contributed by atoms with Crippen LogP contribution in [-0.2, 0) is 10.8 Å². The molecule has 0 radical (unpaired) electrons. The number of nitrogens with zero attached hydrogens (tertiary/aromatic N) is 2. The number of hydrogen-bond acceptors (Lipinski definition) is 0. The lowest BCUT2D eigenvalue weighted by molar-refractivity contribution is 0.590. The smallest absolute Gasteiger partial charge is 0.253 e. The highest BCUT2D eigenvalue weighted by molar-refractivity contribution is 7.01. The Balaban J connectivity index is 1.26. The minimum atomic E-state index is -0.0606. The summed E-state index contributed by atoms with van der Waals surface area (Å²) in [6.07, 6.45) is 10.2. The van der Waals surface area contributed by atoms with Gasteiger partial charge in [-0.1, -0.05) is 181 Å². The Kier molecular flexibility index (Phi) is 8.09. The SMILES string of the molecule is CC(C)(C)c1ccc2c(c1)c1cc(C(C)(C)C)cc3c1n2-c1cc(-c2cccc(-c4ccccc4)c2)cc2c1B3c1c3ccccc3cc3c(C4C=CC=CC4)c(-c4ccccc4)n-2c13. The van der Waals surface area contributed by atoms with E-state index in [9.17, 15) is 0 Å². The van der Waals surface area contributed by atoms with Crippen molar-refractivity contribution >= 4 is 66.6 Å². The zero-order valence-corrected chi connectivity index (χ0v) is 38.1. The number of benzene rings is 8. The summed E-state index contributed by atoms with van der Waals surface area (Å²) in [5.74, 6) is 0.231. The van der Waals surface area contributed by atoms with E-state index < -0.39 is 0 Å². The van der Waals surface area contributed by atoms with Crippen LogP contribution in [0.4, 0.5) is 0 Å². The van der Waals surface area contributed by atoms with Crippen LogP contribution in [0.15, 0.2) is 182 Å². The molecule has 2 nitrogen and oxygen atoms in total. The summed E-state index contributed by atoms with van der Waals surface area (Å²) in [7, 11) is 0. The Hall–Kier alpha value is -7.10. The van der Waals surface area contributed by atoms with Crippen LogP contribution >= 0.6 is 0 Å². The van der Waals surface area contributed by atoms with Gasteiger partial charge in [-0.05, 0) is 131 Å². The topological polar surface area (TPSA) is 9.86 Å². The molecule has 312 valence electrons. The minimum Gasteiger partial charge on any atom is -0.310 e. The molecule has 0 saturated carbocycles. The summed E-state index contributed by atoms with van der Waals surface area (Å²) >= 11 is 0. The minimum absolute atomic E-state index is 0.00247. The van der Waals surface area contributed by atoms with E-state index in [1.807, 2.05) is 0 Å². The molecule has 3 heteroatoms. The van der Waals surface area contributed by atoms with Crippen molar-refractivity contribution in [2.45, 2.75) is 64.7 Å². The van der Waals surface area contributed by atoms with Gasteiger partial charge in [0.1, 0.15) is 0 Å². The van der Waals surface area contributed by atoms with Crippen LogP contribution in [0.5, 0.6) is 0 Å². The predicted molar refractivity (Wildman–Crippen MR) is 279 cm³/mol. The first-order chi connectivity index (χ1) is 31.5. The maximum atomic E-state index is 2.72. The van der Waals surface area contributed by atoms with Gasteiger partial charge < -0.3 is 9.13 Å². The molecular formula is C62H51BN2. The third kappa shape index (κ3) is 5.61. The summed E-state index contributed by atoms with van der Waals surface area (Å²) < 4.78 is 5.38. The normalized spacial score (nSPS) is 15.2. The van der Waals surface area contributed by atoms with Gasteiger partial charge in [0, 0.05) is 44.5 Å². The van der Waals surface area contributed by atoms with E-state index in [1.54, 1.807) is 0 Å². The van der Waals surface area contributed by atoms with Crippen molar-refractivity contribution in [1.29, 1.82) is 0 Å². The molecule has 0 fully saturated rings. The highest BCUT2D eigenvalue weighted by Gasteiger charge is 2.44. The van der Waals surface area contributed by atoms with Gasteiger partial charge in [0.2, 0.25) is 0 Å². The third-order valence-corrected chi connectivity index (χ3v) is 14.9. The Morgan fingerprint density at radius 3 is 1.86 bits per heavy atom. The van der Waals surface area contributed by atoms with E-state index in [4.69, 9.17) is 0 Å². The summed E-state index contributed by atoms with van der Waals surface area (Å²) in [5, 5.41) is 6.66. The van der Waals surface area contributed by atoms with E-state index in [-0.39, 0.29) is 23.5 Å². The number of hydrogen-bond donors (Lipinski definition) is 0.